The highest BCUT2D eigenvalue weighted by molar-refractivity contribution is 4.88. The molecule has 3 N–H and O–H groups in total. The van der Waals surface area contributed by atoms with Gasteiger partial charge in [-0.3, -0.25) is 0 Å². The second-order valence-corrected chi connectivity index (χ2v) is 4.08. The number of hydrogen-bond donors (Lipinski definition) is 2. The minimum atomic E-state index is 0.0914. The molecule has 1 unspecified atom stereocenters. The van der Waals surface area contributed by atoms with E-state index in [4.69, 9.17) is 5.73 Å². The number of rotatable bonds is 4. The lowest BCUT2D eigenvalue weighted by molar-refractivity contribution is 0.250. The van der Waals surface area contributed by atoms with Crippen molar-refractivity contribution in [3.05, 3.63) is 0 Å². The van der Waals surface area contributed by atoms with Crippen LogP contribution in [0.2, 0.25) is 0 Å². The minimum Gasteiger partial charge on any atom is -0.329 e. The molecule has 0 aromatic heterocycles. The Labute approximate surface area is 70.5 Å². The molecule has 0 saturated carbocycles. The van der Waals surface area contributed by atoms with Gasteiger partial charge in [0.05, 0.1) is 0 Å². The van der Waals surface area contributed by atoms with Crippen molar-refractivity contribution < 1.29 is 0 Å². The first-order chi connectivity index (χ1) is 4.92. The molecule has 0 fully saturated rings. The van der Waals surface area contributed by atoms with E-state index in [1.54, 1.807) is 0 Å². The van der Waals surface area contributed by atoms with Crippen molar-refractivity contribution in [2.75, 3.05) is 6.54 Å². The number of nitrogens with one attached hydrogen (secondary N) is 1. The van der Waals surface area contributed by atoms with Gasteiger partial charge in [-0.1, -0.05) is 27.7 Å². The molecule has 0 radical (unpaired) electrons. The molecule has 68 valence electrons. The van der Waals surface area contributed by atoms with Crippen LogP contribution < -0.4 is 11.1 Å². The summed E-state index contributed by atoms with van der Waals surface area (Å²) in [6.45, 7) is 11.6. The Bertz CT molecular complexity index is 110. The standard InChI is InChI=1S/C9H22N2/c1-7(2)9(5,6-10)11-8(3)4/h7-8,11H,6,10H2,1-5H3. The van der Waals surface area contributed by atoms with Crippen LogP contribution in [0.25, 0.3) is 0 Å². The molecule has 0 heterocycles. The van der Waals surface area contributed by atoms with Gasteiger partial charge < -0.3 is 11.1 Å². The molecule has 0 aliphatic heterocycles. The predicted octanol–water partition coefficient (Wildman–Crippen LogP) is 1.36. The Morgan fingerprint density at radius 3 is 1.82 bits per heavy atom. The lowest BCUT2D eigenvalue weighted by Crippen LogP contribution is -2.55. The largest absolute Gasteiger partial charge is 0.329 e. The highest BCUT2D eigenvalue weighted by Crippen LogP contribution is 2.15. The Morgan fingerprint density at radius 2 is 1.73 bits per heavy atom. The number of nitrogens with two attached hydrogens (primary N) is 1. The van der Waals surface area contributed by atoms with Gasteiger partial charge in [-0.15, -0.1) is 0 Å². The first kappa shape index (κ1) is 10.9. The van der Waals surface area contributed by atoms with Crippen molar-refractivity contribution in [2.45, 2.75) is 46.2 Å². The van der Waals surface area contributed by atoms with Crippen LogP contribution in [0.15, 0.2) is 0 Å². The van der Waals surface area contributed by atoms with E-state index < -0.39 is 0 Å². The van der Waals surface area contributed by atoms with Crippen LogP contribution in [0.3, 0.4) is 0 Å². The van der Waals surface area contributed by atoms with E-state index in [9.17, 15) is 0 Å². The summed E-state index contributed by atoms with van der Waals surface area (Å²) in [4.78, 5) is 0. The maximum atomic E-state index is 5.69. The monoisotopic (exact) mass is 158 g/mol. The zero-order chi connectivity index (χ0) is 9.07. The average molecular weight is 158 g/mol. The highest BCUT2D eigenvalue weighted by atomic mass is 15.0. The third kappa shape index (κ3) is 3.21. The molecular weight excluding hydrogens is 136 g/mol. The SMILES string of the molecule is CC(C)NC(C)(CN)C(C)C. The fourth-order valence-electron chi connectivity index (χ4n) is 1.12. The van der Waals surface area contributed by atoms with E-state index in [-0.39, 0.29) is 5.54 Å². The van der Waals surface area contributed by atoms with Gasteiger partial charge in [0.15, 0.2) is 0 Å². The molecule has 0 rings (SSSR count). The van der Waals surface area contributed by atoms with Gasteiger partial charge in [0, 0.05) is 18.1 Å². The van der Waals surface area contributed by atoms with Crippen molar-refractivity contribution in [1.82, 2.24) is 5.32 Å². The van der Waals surface area contributed by atoms with Crippen LogP contribution >= 0.6 is 0 Å². The Morgan fingerprint density at radius 1 is 1.27 bits per heavy atom. The van der Waals surface area contributed by atoms with E-state index >= 15 is 0 Å². The normalized spacial score (nSPS) is 17.5. The second kappa shape index (κ2) is 4.07. The van der Waals surface area contributed by atoms with Crippen LogP contribution in [0.1, 0.15) is 34.6 Å². The maximum Gasteiger partial charge on any atom is 0.0300 e. The number of hydrogen-bond acceptors (Lipinski definition) is 2. The fourth-order valence-corrected chi connectivity index (χ4v) is 1.12. The van der Waals surface area contributed by atoms with Gasteiger partial charge in [0.25, 0.3) is 0 Å². The zero-order valence-corrected chi connectivity index (χ0v) is 8.44. The lowest BCUT2D eigenvalue weighted by Gasteiger charge is -2.35. The molecule has 0 aliphatic rings. The summed E-state index contributed by atoms with van der Waals surface area (Å²) >= 11 is 0. The summed E-state index contributed by atoms with van der Waals surface area (Å²) < 4.78 is 0. The second-order valence-electron chi connectivity index (χ2n) is 4.08. The molecule has 0 bridgehead atoms. The van der Waals surface area contributed by atoms with Gasteiger partial charge >= 0.3 is 0 Å². The third-order valence-corrected chi connectivity index (χ3v) is 2.32. The van der Waals surface area contributed by atoms with Gasteiger partial charge in [-0.2, -0.15) is 0 Å². The highest BCUT2D eigenvalue weighted by Gasteiger charge is 2.26. The van der Waals surface area contributed by atoms with E-state index in [1.807, 2.05) is 0 Å². The maximum absolute atomic E-state index is 5.69. The van der Waals surface area contributed by atoms with Gasteiger partial charge in [-0.05, 0) is 12.8 Å². The summed E-state index contributed by atoms with van der Waals surface area (Å²) in [5.74, 6) is 0.579. The molecule has 2 heteroatoms. The topological polar surface area (TPSA) is 38.0 Å². The Balaban J connectivity index is 4.10. The van der Waals surface area contributed by atoms with E-state index in [2.05, 4.69) is 39.9 Å². The smallest absolute Gasteiger partial charge is 0.0300 e. The van der Waals surface area contributed by atoms with Crippen molar-refractivity contribution in [3.63, 3.8) is 0 Å². The van der Waals surface area contributed by atoms with Crippen molar-refractivity contribution in [2.24, 2.45) is 11.7 Å². The van der Waals surface area contributed by atoms with Crippen molar-refractivity contribution in [3.8, 4) is 0 Å². The molecule has 0 amide bonds. The molecule has 0 aromatic carbocycles. The Kier molecular flexibility index (Phi) is 4.04. The summed E-state index contributed by atoms with van der Waals surface area (Å²) in [7, 11) is 0. The zero-order valence-electron chi connectivity index (χ0n) is 8.44. The average Bonchev–Trinajstić information content (AvgIpc) is 1.86. The van der Waals surface area contributed by atoms with Gasteiger partial charge in [0.1, 0.15) is 0 Å². The van der Waals surface area contributed by atoms with Crippen LogP contribution in [-0.4, -0.2) is 18.1 Å². The summed E-state index contributed by atoms with van der Waals surface area (Å²) in [5.41, 5.74) is 5.79. The molecule has 11 heavy (non-hydrogen) atoms. The van der Waals surface area contributed by atoms with E-state index in [0.29, 0.717) is 18.5 Å². The van der Waals surface area contributed by atoms with E-state index in [1.165, 1.54) is 0 Å². The molecule has 2 nitrogen and oxygen atoms in total. The van der Waals surface area contributed by atoms with E-state index in [0.717, 1.165) is 0 Å². The van der Waals surface area contributed by atoms with Gasteiger partial charge in [-0.25, -0.2) is 0 Å². The Hall–Kier alpha value is -0.0800. The van der Waals surface area contributed by atoms with Crippen LogP contribution in [0, 0.1) is 5.92 Å². The summed E-state index contributed by atoms with van der Waals surface area (Å²) in [5, 5.41) is 3.48. The predicted molar refractivity (Wildman–Crippen MR) is 50.6 cm³/mol. The third-order valence-electron chi connectivity index (χ3n) is 2.32. The summed E-state index contributed by atoms with van der Waals surface area (Å²) in [6.07, 6.45) is 0. The molecule has 0 saturated heterocycles. The summed E-state index contributed by atoms with van der Waals surface area (Å²) in [6, 6.07) is 0.506. The van der Waals surface area contributed by atoms with Crippen LogP contribution in [0.5, 0.6) is 0 Å². The molecule has 0 aliphatic carbocycles. The molecule has 1 atom stereocenters. The molecule has 0 aromatic rings. The van der Waals surface area contributed by atoms with Crippen LogP contribution in [-0.2, 0) is 0 Å². The van der Waals surface area contributed by atoms with Crippen molar-refractivity contribution in [1.29, 1.82) is 0 Å². The lowest BCUT2D eigenvalue weighted by atomic mass is 9.88. The molecular formula is C9H22N2. The first-order valence-electron chi connectivity index (χ1n) is 4.40. The van der Waals surface area contributed by atoms with Crippen LogP contribution in [0.4, 0.5) is 0 Å². The fraction of sp³-hybridized carbons (Fsp3) is 1.00. The molecule has 0 spiro atoms. The quantitative estimate of drug-likeness (QED) is 0.648. The minimum absolute atomic E-state index is 0.0914. The van der Waals surface area contributed by atoms with Gasteiger partial charge in [0.2, 0.25) is 0 Å². The first-order valence-corrected chi connectivity index (χ1v) is 4.40. The van der Waals surface area contributed by atoms with Crippen molar-refractivity contribution >= 4 is 0 Å².